The van der Waals surface area contributed by atoms with Gasteiger partial charge in [0, 0.05) is 19.0 Å². The van der Waals surface area contributed by atoms with Crippen molar-refractivity contribution in [2.45, 2.75) is 31.7 Å². The van der Waals surface area contributed by atoms with Crippen LogP contribution in [0.1, 0.15) is 36.0 Å². The van der Waals surface area contributed by atoms with Crippen molar-refractivity contribution in [2.75, 3.05) is 17.6 Å². The highest BCUT2D eigenvalue weighted by Gasteiger charge is 2.22. The zero-order chi connectivity index (χ0) is 14.5. The number of anilines is 2. The van der Waals surface area contributed by atoms with Crippen molar-refractivity contribution >= 4 is 23.4 Å². The van der Waals surface area contributed by atoms with Gasteiger partial charge in [0.15, 0.2) is 0 Å². The van der Waals surface area contributed by atoms with Crippen LogP contribution in [0.5, 0.6) is 0 Å². The van der Waals surface area contributed by atoms with Gasteiger partial charge in [0.05, 0.1) is 11.9 Å². The molecule has 1 aromatic heterocycles. The van der Waals surface area contributed by atoms with Crippen molar-refractivity contribution in [3.63, 3.8) is 0 Å². The Morgan fingerprint density at radius 3 is 2.85 bits per heavy atom. The van der Waals surface area contributed by atoms with Gasteiger partial charge in [-0.1, -0.05) is 0 Å². The van der Waals surface area contributed by atoms with E-state index in [9.17, 15) is 9.59 Å². The molecule has 1 aromatic rings. The maximum atomic E-state index is 11.5. The van der Waals surface area contributed by atoms with E-state index in [4.69, 9.17) is 10.8 Å². The van der Waals surface area contributed by atoms with Gasteiger partial charge in [0.2, 0.25) is 5.91 Å². The number of amides is 1. The zero-order valence-electron chi connectivity index (χ0n) is 11.1. The standard InChI is InChI=1S/C13H18N4O3/c14-8-6-10(13(19)20)12(16-7-8)15-5-1-2-11(18)17-9-3-4-9/h6-7,9H,1-5,14H2,(H,15,16)(H,17,18)(H,19,20). The first-order chi connectivity index (χ1) is 9.56. The molecular weight excluding hydrogens is 260 g/mol. The molecule has 0 aliphatic heterocycles. The van der Waals surface area contributed by atoms with E-state index in [1.807, 2.05) is 0 Å². The van der Waals surface area contributed by atoms with Crippen LogP contribution in [0.2, 0.25) is 0 Å². The zero-order valence-corrected chi connectivity index (χ0v) is 11.1. The molecule has 0 spiro atoms. The van der Waals surface area contributed by atoms with Gasteiger partial charge in [-0.2, -0.15) is 0 Å². The number of carboxylic acid groups (broad SMARTS) is 1. The molecule has 5 N–H and O–H groups in total. The largest absolute Gasteiger partial charge is 0.478 e. The van der Waals surface area contributed by atoms with E-state index in [1.165, 1.54) is 12.3 Å². The van der Waals surface area contributed by atoms with Gasteiger partial charge in [0.25, 0.3) is 0 Å². The normalized spacial score (nSPS) is 13.8. The predicted molar refractivity (Wildman–Crippen MR) is 74.5 cm³/mol. The van der Waals surface area contributed by atoms with Gasteiger partial charge in [-0.3, -0.25) is 4.79 Å². The molecule has 20 heavy (non-hydrogen) atoms. The van der Waals surface area contributed by atoms with E-state index in [0.29, 0.717) is 31.1 Å². The highest BCUT2D eigenvalue weighted by Crippen LogP contribution is 2.19. The second kappa shape index (κ2) is 6.23. The first-order valence-corrected chi connectivity index (χ1v) is 6.58. The summed E-state index contributed by atoms with van der Waals surface area (Å²) in [6.07, 6.45) is 4.57. The fourth-order valence-corrected chi connectivity index (χ4v) is 1.77. The van der Waals surface area contributed by atoms with E-state index in [1.54, 1.807) is 0 Å². The Morgan fingerprint density at radius 2 is 2.20 bits per heavy atom. The predicted octanol–water partition coefficient (Wildman–Crippen LogP) is 0.833. The molecule has 0 aromatic carbocycles. The number of carboxylic acids is 1. The average Bonchev–Trinajstić information content (AvgIpc) is 3.19. The van der Waals surface area contributed by atoms with E-state index >= 15 is 0 Å². The van der Waals surface area contributed by atoms with Gasteiger partial charge >= 0.3 is 5.97 Å². The summed E-state index contributed by atoms with van der Waals surface area (Å²) in [5.74, 6) is -0.772. The number of carbonyl (C=O) groups is 2. The van der Waals surface area contributed by atoms with Crippen LogP contribution in [0, 0.1) is 0 Å². The molecule has 1 heterocycles. The summed E-state index contributed by atoms with van der Waals surface area (Å²) in [4.78, 5) is 26.5. The van der Waals surface area contributed by atoms with Gasteiger partial charge < -0.3 is 21.5 Å². The number of nitrogen functional groups attached to an aromatic ring is 1. The number of nitrogens with two attached hydrogens (primary N) is 1. The molecule has 0 saturated heterocycles. The number of hydrogen-bond donors (Lipinski definition) is 4. The summed E-state index contributed by atoms with van der Waals surface area (Å²) in [5, 5.41) is 14.9. The molecule has 1 fully saturated rings. The molecule has 0 unspecified atom stereocenters. The van der Waals surface area contributed by atoms with E-state index in [2.05, 4.69) is 15.6 Å². The van der Waals surface area contributed by atoms with Crippen molar-refractivity contribution in [2.24, 2.45) is 0 Å². The smallest absolute Gasteiger partial charge is 0.339 e. The van der Waals surface area contributed by atoms with Gasteiger partial charge in [-0.15, -0.1) is 0 Å². The second-order valence-electron chi connectivity index (χ2n) is 4.84. The summed E-state index contributed by atoms with van der Waals surface area (Å²) >= 11 is 0. The molecule has 1 amide bonds. The van der Waals surface area contributed by atoms with E-state index in [-0.39, 0.29) is 17.3 Å². The Hall–Kier alpha value is -2.31. The number of hydrogen-bond acceptors (Lipinski definition) is 5. The fourth-order valence-electron chi connectivity index (χ4n) is 1.77. The summed E-state index contributed by atoms with van der Waals surface area (Å²) in [6.45, 7) is 0.481. The Bertz CT molecular complexity index is 514. The lowest BCUT2D eigenvalue weighted by atomic mass is 10.2. The molecule has 0 atom stereocenters. The molecule has 1 aliphatic carbocycles. The number of nitrogens with zero attached hydrogens (tertiary/aromatic N) is 1. The number of aromatic carboxylic acids is 1. The molecule has 7 nitrogen and oxygen atoms in total. The van der Waals surface area contributed by atoms with Crippen molar-refractivity contribution in [1.29, 1.82) is 0 Å². The number of carbonyl (C=O) groups excluding carboxylic acids is 1. The van der Waals surface area contributed by atoms with Gasteiger partial charge in [-0.25, -0.2) is 9.78 Å². The van der Waals surface area contributed by atoms with Crippen LogP contribution in [0.15, 0.2) is 12.3 Å². The molecule has 2 rings (SSSR count). The highest BCUT2D eigenvalue weighted by atomic mass is 16.4. The van der Waals surface area contributed by atoms with Crippen LogP contribution in [0.3, 0.4) is 0 Å². The third-order valence-electron chi connectivity index (χ3n) is 2.95. The maximum absolute atomic E-state index is 11.5. The van der Waals surface area contributed by atoms with Crippen LogP contribution < -0.4 is 16.4 Å². The Morgan fingerprint density at radius 1 is 1.45 bits per heavy atom. The highest BCUT2D eigenvalue weighted by molar-refractivity contribution is 5.94. The first-order valence-electron chi connectivity index (χ1n) is 6.58. The molecule has 7 heteroatoms. The summed E-state index contributed by atoms with van der Waals surface area (Å²) in [7, 11) is 0. The lowest BCUT2D eigenvalue weighted by molar-refractivity contribution is -0.121. The van der Waals surface area contributed by atoms with Gasteiger partial charge in [0.1, 0.15) is 11.4 Å². The maximum Gasteiger partial charge on any atom is 0.339 e. The van der Waals surface area contributed by atoms with Gasteiger partial charge in [-0.05, 0) is 25.3 Å². The lowest BCUT2D eigenvalue weighted by Gasteiger charge is -2.09. The third kappa shape index (κ3) is 4.11. The summed E-state index contributed by atoms with van der Waals surface area (Å²) in [5.41, 5.74) is 5.84. The first kappa shape index (κ1) is 14.1. The Kier molecular flexibility index (Phi) is 4.39. The molecule has 0 radical (unpaired) electrons. The Labute approximate surface area is 116 Å². The lowest BCUT2D eigenvalue weighted by Crippen LogP contribution is -2.25. The minimum Gasteiger partial charge on any atom is -0.478 e. The van der Waals surface area contributed by atoms with Crippen LogP contribution in [0.4, 0.5) is 11.5 Å². The number of rotatable bonds is 7. The van der Waals surface area contributed by atoms with Crippen molar-refractivity contribution in [1.82, 2.24) is 10.3 Å². The number of pyridine rings is 1. The van der Waals surface area contributed by atoms with E-state index < -0.39 is 5.97 Å². The Balaban J connectivity index is 1.78. The van der Waals surface area contributed by atoms with Crippen molar-refractivity contribution in [3.8, 4) is 0 Å². The van der Waals surface area contributed by atoms with E-state index in [0.717, 1.165) is 12.8 Å². The third-order valence-corrected chi connectivity index (χ3v) is 2.95. The van der Waals surface area contributed by atoms with Crippen LogP contribution in [0.25, 0.3) is 0 Å². The van der Waals surface area contributed by atoms with Crippen LogP contribution >= 0.6 is 0 Å². The minimum absolute atomic E-state index is 0.0347. The topological polar surface area (TPSA) is 117 Å². The SMILES string of the molecule is Nc1cnc(NCCCC(=O)NC2CC2)c(C(=O)O)c1. The number of nitrogens with one attached hydrogen (secondary N) is 2. The molecule has 1 aliphatic rings. The molecule has 108 valence electrons. The molecule has 1 saturated carbocycles. The minimum atomic E-state index is -1.08. The quantitative estimate of drug-likeness (QED) is 0.549. The summed E-state index contributed by atoms with van der Waals surface area (Å²) < 4.78 is 0. The van der Waals surface area contributed by atoms with Crippen molar-refractivity contribution in [3.05, 3.63) is 17.8 Å². The van der Waals surface area contributed by atoms with Crippen LogP contribution in [-0.2, 0) is 4.79 Å². The monoisotopic (exact) mass is 278 g/mol. The molecule has 0 bridgehead atoms. The summed E-state index contributed by atoms with van der Waals surface area (Å²) in [6, 6.07) is 1.73. The van der Waals surface area contributed by atoms with Crippen molar-refractivity contribution < 1.29 is 14.7 Å². The second-order valence-corrected chi connectivity index (χ2v) is 4.84. The number of aromatic nitrogens is 1. The van der Waals surface area contributed by atoms with Crippen LogP contribution in [-0.4, -0.2) is 34.6 Å². The average molecular weight is 278 g/mol. The molecular formula is C13H18N4O3. The fraction of sp³-hybridized carbons (Fsp3) is 0.462.